The van der Waals surface area contributed by atoms with Crippen molar-refractivity contribution in [3.05, 3.63) is 65.4 Å². The van der Waals surface area contributed by atoms with Crippen LogP contribution in [0.4, 0.5) is 0 Å². The maximum absolute atomic E-state index is 6.04. The molecule has 4 rings (SSSR count). The van der Waals surface area contributed by atoms with Crippen LogP contribution in [0.2, 0.25) is 0 Å². The van der Waals surface area contributed by atoms with Crippen LogP contribution in [-0.4, -0.2) is 13.1 Å². The van der Waals surface area contributed by atoms with E-state index in [9.17, 15) is 0 Å². The van der Waals surface area contributed by atoms with Gasteiger partial charge in [-0.3, -0.25) is 0 Å². The highest BCUT2D eigenvalue weighted by atomic mass is 16.5. The number of furan rings is 1. The first-order valence-electron chi connectivity index (χ1n) is 7.82. The fraction of sp³-hybridized carbons (Fsp3) is 0.263. The predicted octanol–water partition coefficient (Wildman–Crippen LogP) is 3.70. The van der Waals surface area contributed by atoms with Gasteiger partial charge in [0.2, 0.25) is 0 Å². The van der Waals surface area contributed by atoms with Crippen LogP contribution >= 0.6 is 0 Å². The Kier molecular flexibility index (Phi) is 3.57. The van der Waals surface area contributed by atoms with Crippen molar-refractivity contribution in [3.63, 3.8) is 0 Å². The standard InChI is InChI=1S/C19H19NO2/c1-2-4-14(5-3-1)13-21-15-6-7-16-17-8-10-20-11-9-18(17)22-19(16)12-15/h1-7,12,20H,8-11,13H2. The zero-order valence-electron chi connectivity index (χ0n) is 12.5. The lowest BCUT2D eigenvalue weighted by Crippen LogP contribution is -2.16. The van der Waals surface area contributed by atoms with Crippen molar-refractivity contribution < 1.29 is 9.15 Å². The molecule has 0 amide bonds. The van der Waals surface area contributed by atoms with E-state index in [1.54, 1.807) is 0 Å². The van der Waals surface area contributed by atoms with E-state index in [0.717, 1.165) is 43.0 Å². The van der Waals surface area contributed by atoms with Gasteiger partial charge in [0.15, 0.2) is 0 Å². The summed E-state index contributed by atoms with van der Waals surface area (Å²) in [5.41, 5.74) is 3.47. The van der Waals surface area contributed by atoms with E-state index >= 15 is 0 Å². The van der Waals surface area contributed by atoms with Crippen LogP contribution in [0, 0.1) is 0 Å². The lowest BCUT2D eigenvalue weighted by molar-refractivity contribution is 0.306. The second-order valence-electron chi connectivity index (χ2n) is 5.69. The summed E-state index contributed by atoms with van der Waals surface area (Å²) < 4.78 is 11.9. The second kappa shape index (κ2) is 5.85. The monoisotopic (exact) mass is 293 g/mol. The number of nitrogens with one attached hydrogen (secondary N) is 1. The van der Waals surface area contributed by atoms with Gasteiger partial charge in [0.25, 0.3) is 0 Å². The fourth-order valence-electron chi connectivity index (χ4n) is 3.03. The molecule has 0 spiro atoms. The molecule has 0 fully saturated rings. The van der Waals surface area contributed by atoms with Crippen LogP contribution in [0.25, 0.3) is 11.0 Å². The Hall–Kier alpha value is -2.26. The second-order valence-corrected chi connectivity index (χ2v) is 5.69. The molecule has 1 aliphatic heterocycles. The van der Waals surface area contributed by atoms with Crippen molar-refractivity contribution in [2.24, 2.45) is 0 Å². The van der Waals surface area contributed by atoms with E-state index in [0.29, 0.717) is 6.61 Å². The predicted molar refractivity (Wildman–Crippen MR) is 87.3 cm³/mol. The minimum absolute atomic E-state index is 0.580. The zero-order chi connectivity index (χ0) is 14.8. The van der Waals surface area contributed by atoms with Crippen molar-refractivity contribution >= 4 is 11.0 Å². The van der Waals surface area contributed by atoms with Gasteiger partial charge >= 0.3 is 0 Å². The molecule has 2 aromatic carbocycles. The van der Waals surface area contributed by atoms with Crippen LogP contribution < -0.4 is 10.1 Å². The minimum atomic E-state index is 0.580. The van der Waals surface area contributed by atoms with E-state index < -0.39 is 0 Å². The Balaban J connectivity index is 1.58. The molecule has 0 bridgehead atoms. The summed E-state index contributed by atoms with van der Waals surface area (Å²) in [5, 5.41) is 4.64. The Morgan fingerprint density at radius 3 is 2.77 bits per heavy atom. The quantitative estimate of drug-likeness (QED) is 0.799. The van der Waals surface area contributed by atoms with Gasteiger partial charge < -0.3 is 14.5 Å². The number of benzene rings is 2. The molecular formula is C19H19NO2. The molecule has 3 nitrogen and oxygen atoms in total. The van der Waals surface area contributed by atoms with Crippen molar-refractivity contribution in [2.75, 3.05) is 13.1 Å². The molecule has 22 heavy (non-hydrogen) atoms. The summed E-state index contributed by atoms with van der Waals surface area (Å²) in [7, 11) is 0. The first-order valence-corrected chi connectivity index (χ1v) is 7.82. The van der Waals surface area contributed by atoms with E-state index in [4.69, 9.17) is 9.15 Å². The SMILES string of the molecule is c1ccc(COc2ccc3c4c(oc3c2)CCNCC4)cc1. The molecule has 112 valence electrons. The summed E-state index contributed by atoms with van der Waals surface area (Å²) >= 11 is 0. The first kappa shape index (κ1) is 13.4. The highest BCUT2D eigenvalue weighted by molar-refractivity contribution is 5.83. The Bertz CT molecular complexity index is 777. The molecular weight excluding hydrogens is 274 g/mol. The fourth-order valence-corrected chi connectivity index (χ4v) is 3.03. The van der Waals surface area contributed by atoms with Crippen LogP contribution in [0.15, 0.2) is 52.9 Å². The molecule has 3 aromatic rings. The molecule has 0 saturated heterocycles. The van der Waals surface area contributed by atoms with E-state index in [1.807, 2.05) is 30.3 Å². The summed E-state index contributed by atoms with van der Waals surface area (Å²) in [6, 6.07) is 16.4. The third kappa shape index (κ3) is 2.60. The van der Waals surface area contributed by atoms with Crippen LogP contribution in [0.5, 0.6) is 5.75 Å². The molecule has 1 aromatic heterocycles. The number of ether oxygens (including phenoxy) is 1. The van der Waals surface area contributed by atoms with Crippen molar-refractivity contribution in [1.82, 2.24) is 5.32 Å². The average molecular weight is 293 g/mol. The molecule has 1 N–H and O–H groups in total. The van der Waals surface area contributed by atoms with E-state index in [1.165, 1.54) is 16.5 Å². The number of rotatable bonds is 3. The Morgan fingerprint density at radius 2 is 1.86 bits per heavy atom. The molecule has 2 heterocycles. The largest absolute Gasteiger partial charge is 0.489 e. The number of hydrogen-bond donors (Lipinski definition) is 1. The maximum atomic E-state index is 6.04. The highest BCUT2D eigenvalue weighted by Crippen LogP contribution is 2.30. The van der Waals surface area contributed by atoms with Gasteiger partial charge in [0.1, 0.15) is 23.7 Å². The molecule has 0 radical (unpaired) electrons. The molecule has 0 unspecified atom stereocenters. The summed E-state index contributed by atoms with van der Waals surface area (Å²) in [4.78, 5) is 0. The van der Waals surface area contributed by atoms with Crippen LogP contribution in [0.1, 0.15) is 16.9 Å². The average Bonchev–Trinajstić information content (AvgIpc) is 2.74. The van der Waals surface area contributed by atoms with Gasteiger partial charge in [0.05, 0.1) is 0 Å². The molecule has 0 atom stereocenters. The Morgan fingerprint density at radius 1 is 1.00 bits per heavy atom. The lowest BCUT2D eigenvalue weighted by Gasteiger charge is -2.06. The first-order chi connectivity index (χ1) is 10.9. The van der Waals surface area contributed by atoms with Gasteiger partial charge in [-0.15, -0.1) is 0 Å². The van der Waals surface area contributed by atoms with E-state index in [-0.39, 0.29) is 0 Å². The smallest absolute Gasteiger partial charge is 0.138 e. The molecule has 0 aliphatic carbocycles. The van der Waals surface area contributed by atoms with Crippen molar-refractivity contribution in [2.45, 2.75) is 19.4 Å². The third-order valence-electron chi connectivity index (χ3n) is 4.18. The van der Waals surface area contributed by atoms with Gasteiger partial charge in [-0.25, -0.2) is 0 Å². The lowest BCUT2D eigenvalue weighted by atomic mass is 10.1. The maximum Gasteiger partial charge on any atom is 0.138 e. The zero-order valence-corrected chi connectivity index (χ0v) is 12.5. The van der Waals surface area contributed by atoms with Crippen molar-refractivity contribution in [1.29, 1.82) is 0 Å². The van der Waals surface area contributed by atoms with Crippen molar-refractivity contribution in [3.8, 4) is 5.75 Å². The Labute approximate surface area is 129 Å². The van der Waals surface area contributed by atoms with Crippen LogP contribution in [-0.2, 0) is 19.4 Å². The number of hydrogen-bond acceptors (Lipinski definition) is 3. The van der Waals surface area contributed by atoms with Gasteiger partial charge in [0, 0.05) is 30.0 Å². The van der Waals surface area contributed by atoms with E-state index in [2.05, 4.69) is 23.5 Å². The minimum Gasteiger partial charge on any atom is -0.489 e. The molecule has 3 heteroatoms. The highest BCUT2D eigenvalue weighted by Gasteiger charge is 2.16. The summed E-state index contributed by atoms with van der Waals surface area (Å²) in [6.07, 6.45) is 2.00. The van der Waals surface area contributed by atoms with Gasteiger partial charge in [-0.05, 0) is 30.7 Å². The van der Waals surface area contributed by atoms with Gasteiger partial charge in [-0.2, -0.15) is 0 Å². The summed E-state index contributed by atoms with van der Waals surface area (Å²) in [6.45, 7) is 2.59. The van der Waals surface area contributed by atoms with Gasteiger partial charge in [-0.1, -0.05) is 30.3 Å². The third-order valence-corrected chi connectivity index (χ3v) is 4.18. The summed E-state index contributed by atoms with van der Waals surface area (Å²) in [5.74, 6) is 1.98. The molecule has 1 aliphatic rings. The number of fused-ring (bicyclic) bond motifs is 3. The topological polar surface area (TPSA) is 34.4 Å². The van der Waals surface area contributed by atoms with Crippen LogP contribution in [0.3, 0.4) is 0 Å². The molecule has 0 saturated carbocycles. The normalized spacial score (nSPS) is 14.5.